The van der Waals surface area contributed by atoms with Gasteiger partial charge in [-0.1, -0.05) is 30.3 Å². The van der Waals surface area contributed by atoms with Gasteiger partial charge in [0, 0.05) is 12.2 Å². The summed E-state index contributed by atoms with van der Waals surface area (Å²) in [5.41, 5.74) is -0.591. The molecule has 1 heterocycles. The van der Waals surface area contributed by atoms with Crippen LogP contribution in [0.4, 0.5) is 29.3 Å². The standard InChI is InChI=1S/C18H16F3N3O2/c19-18(20,21)13-8-4-5-9-14(13)22-17(26)23-15-10-11-24(16(15)25)12-6-2-1-3-7-12/h1-9,15H,10-11H2,(H2,22,23,26)/t15-/m0/s1. The van der Waals surface area contributed by atoms with Crippen LogP contribution < -0.4 is 15.5 Å². The van der Waals surface area contributed by atoms with Crippen molar-refractivity contribution in [3.8, 4) is 0 Å². The molecule has 2 aromatic carbocycles. The third-order valence-corrected chi connectivity index (χ3v) is 4.06. The highest BCUT2D eigenvalue weighted by Crippen LogP contribution is 2.34. The number of rotatable bonds is 3. The van der Waals surface area contributed by atoms with Crippen LogP contribution in [-0.4, -0.2) is 24.5 Å². The molecule has 26 heavy (non-hydrogen) atoms. The lowest BCUT2D eigenvalue weighted by Gasteiger charge is -2.18. The summed E-state index contributed by atoms with van der Waals surface area (Å²) in [6.07, 6.45) is -4.21. The number of carbonyl (C=O) groups is 2. The van der Waals surface area contributed by atoms with Gasteiger partial charge in [0.15, 0.2) is 0 Å². The molecule has 0 bridgehead atoms. The van der Waals surface area contributed by atoms with E-state index >= 15 is 0 Å². The van der Waals surface area contributed by atoms with Gasteiger partial charge in [0.2, 0.25) is 5.91 Å². The number of carbonyl (C=O) groups excluding carboxylic acids is 2. The Balaban J connectivity index is 1.66. The first-order valence-corrected chi connectivity index (χ1v) is 7.96. The number of nitrogens with zero attached hydrogens (tertiary/aromatic N) is 1. The van der Waals surface area contributed by atoms with E-state index in [9.17, 15) is 22.8 Å². The minimum absolute atomic E-state index is 0.296. The number of benzene rings is 2. The molecule has 1 atom stereocenters. The maximum Gasteiger partial charge on any atom is 0.418 e. The molecule has 0 aromatic heterocycles. The van der Waals surface area contributed by atoms with E-state index in [1.54, 1.807) is 24.3 Å². The van der Waals surface area contributed by atoms with Gasteiger partial charge < -0.3 is 15.5 Å². The van der Waals surface area contributed by atoms with E-state index < -0.39 is 23.8 Å². The smallest absolute Gasteiger partial charge is 0.326 e. The first-order chi connectivity index (χ1) is 12.4. The van der Waals surface area contributed by atoms with E-state index in [2.05, 4.69) is 10.6 Å². The number of hydrogen-bond acceptors (Lipinski definition) is 2. The summed E-state index contributed by atoms with van der Waals surface area (Å²) >= 11 is 0. The van der Waals surface area contributed by atoms with Crippen molar-refractivity contribution >= 4 is 23.3 Å². The van der Waals surface area contributed by atoms with Crippen LogP contribution in [0.25, 0.3) is 0 Å². The van der Waals surface area contributed by atoms with Crippen molar-refractivity contribution in [2.24, 2.45) is 0 Å². The second-order valence-corrected chi connectivity index (χ2v) is 5.81. The predicted molar refractivity (Wildman–Crippen MR) is 90.8 cm³/mol. The predicted octanol–water partition coefficient (Wildman–Crippen LogP) is 3.63. The summed E-state index contributed by atoms with van der Waals surface area (Å²) in [6, 6.07) is 12.0. The Morgan fingerprint density at radius 3 is 2.38 bits per heavy atom. The molecule has 8 heteroatoms. The summed E-state index contributed by atoms with van der Waals surface area (Å²) in [5, 5.41) is 4.63. The van der Waals surface area contributed by atoms with Gasteiger partial charge in [0.05, 0.1) is 11.3 Å². The van der Waals surface area contributed by atoms with Crippen molar-refractivity contribution in [3.05, 3.63) is 60.2 Å². The molecular weight excluding hydrogens is 347 g/mol. The molecular formula is C18H16F3N3O2. The van der Waals surface area contributed by atoms with Crippen molar-refractivity contribution in [2.75, 3.05) is 16.8 Å². The van der Waals surface area contributed by atoms with Gasteiger partial charge in [-0.25, -0.2) is 4.79 Å². The molecule has 0 radical (unpaired) electrons. The Bertz CT molecular complexity index is 809. The molecule has 1 fully saturated rings. The molecule has 0 saturated carbocycles. The Hall–Kier alpha value is -3.03. The second-order valence-electron chi connectivity index (χ2n) is 5.81. The summed E-state index contributed by atoms with van der Waals surface area (Å²) in [4.78, 5) is 26.0. The van der Waals surface area contributed by atoms with Crippen LogP contribution in [0.3, 0.4) is 0 Å². The van der Waals surface area contributed by atoms with Crippen LogP contribution in [0.2, 0.25) is 0 Å². The molecule has 0 aliphatic carbocycles. The Labute approximate surface area is 147 Å². The topological polar surface area (TPSA) is 61.4 Å². The van der Waals surface area contributed by atoms with E-state index in [0.29, 0.717) is 18.7 Å². The molecule has 3 rings (SSSR count). The van der Waals surface area contributed by atoms with E-state index in [-0.39, 0.29) is 11.6 Å². The van der Waals surface area contributed by atoms with Crippen molar-refractivity contribution < 1.29 is 22.8 Å². The fourth-order valence-corrected chi connectivity index (χ4v) is 2.83. The van der Waals surface area contributed by atoms with E-state index in [4.69, 9.17) is 0 Å². The van der Waals surface area contributed by atoms with Crippen molar-refractivity contribution in [1.29, 1.82) is 0 Å². The molecule has 1 aliphatic heterocycles. The zero-order valence-electron chi connectivity index (χ0n) is 13.6. The van der Waals surface area contributed by atoms with E-state index in [1.807, 2.05) is 6.07 Å². The first kappa shape index (κ1) is 17.8. The molecule has 2 N–H and O–H groups in total. The summed E-state index contributed by atoms with van der Waals surface area (Å²) in [7, 11) is 0. The number of nitrogens with one attached hydrogen (secondary N) is 2. The summed E-state index contributed by atoms with van der Waals surface area (Å²) in [5.74, 6) is -0.296. The van der Waals surface area contributed by atoms with Crippen LogP contribution in [0.5, 0.6) is 0 Å². The van der Waals surface area contributed by atoms with Gasteiger partial charge in [-0.15, -0.1) is 0 Å². The lowest BCUT2D eigenvalue weighted by Crippen LogP contribution is -2.43. The summed E-state index contributed by atoms with van der Waals surface area (Å²) < 4.78 is 38.9. The lowest BCUT2D eigenvalue weighted by atomic mass is 10.1. The van der Waals surface area contributed by atoms with Crippen molar-refractivity contribution in [3.63, 3.8) is 0 Å². The third-order valence-electron chi connectivity index (χ3n) is 4.06. The molecule has 1 saturated heterocycles. The maximum absolute atomic E-state index is 13.0. The summed E-state index contributed by atoms with van der Waals surface area (Å²) in [6.45, 7) is 0.424. The number of urea groups is 1. The monoisotopic (exact) mass is 363 g/mol. The van der Waals surface area contributed by atoms with E-state index in [0.717, 1.165) is 12.1 Å². The van der Waals surface area contributed by atoms with Gasteiger partial charge >= 0.3 is 12.2 Å². The number of para-hydroxylation sites is 2. The zero-order valence-corrected chi connectivity index (χ0v) is 13.6. The quantitative estimate of drug-likeness (QED) is 0.875. The van der Waals surface area contributed by atoms with Crippen LogP contribution in [-0.2, 0) is 11.0 Å². The minimum atomic E-state index is -4.59. The zero-order chi connectivity index (χ0) is 18.7. The SMILES string of the molecule is O=C(Nc1ccccc1C(F)(F)F)N[C@H]1CCN(c2ccccc2)C1=O. The highest BCUT2D eigenvalue weighted by atomic mass is 19.4. The van der Waals surface area contributed by atoms with Gasteiger partial charge in [-0.2, -0.15) is 13.2 Å². The van der Waals surface area contributed by atoms with Crippen molar-refractivity contribution in [2.45, 2.75) is 18.6 Å². The van der Waals surface area contributed by atoms with Gasteiger partial charge in [0.25, 0.3) is 0 Å². The van der Waals surface area contributed by atoms with Crippen LogP contribution in [0.15, 0.2) is 54.6 Å². The third kappa shape index (κ3) is 3.79. The van der Waals surface area contributed by atoms with Crippen LogP contribution in [0, 0.1) is 0 Å². The molecule has 5 nitrogen and oxygen atoms in total. The Morgan fingerprint density at radius 2 is 1.69 bits per heavy atom. The molecule has 0 unspecified atom stereocenters. The number of hydrogen-bond donors (Lipinski definition) is 2. The fourth-order valence-electron chi connectivity index (χ4n) is 2.83. The van der Waals surface area contributed by atoms with Gasteiger partial charge in [0.1, 0.15) is 6.04 Å². The highest BCUT2D eigenvalue weighted by Gasteiger charge is 2.35. The largest absolute Gasteiger partial charge is 0.418 e. The molecule has 2 aromatic rings. The normalized spacial score (nSPS) is 17.3. The average Bonchev–Trinajstić information content (AvgIpc) is 2.96. The number of anilines is 2. The maximum atomic E-state index is 13.0. The minimum Gasteiger partial charge on any atom is -0.326 e. The highest BCUT2D eigenvalue weighted by molar-refractivity contribution is 6.02. The fraction of sp³-hybridized carbons (Fsp3) is 0.222. The van der Waals surface area contributed by atoms with Gasteiger partial charge in [-0.3, -0.25) is 4.79 Å². The molecule has 0 spiro atoms. The van der Waals surface area contributed by atoms with Crippen LogP contribution >= 0.6 is 0 Å². The Morgan fingerprint density at radius 1 is 1.04 bits per heavy atom. The van der Waals surface area contributed by atoms with E-state index in [1.165, 1.54) is 17.0 Å². The van der Waals surface area contributed by atoms with Crippen molar-refractivity contribution in [1.82, 2.24) is 5.32 Å². The molecule has 1 aliphatic rings. The lowest BCUT2D eigenvalue weighted by molar-refractivity contribution is -0.137. The molecule has 136 valence electrons. The number of alkyl halides is 3. The number of amides is 3. The average molecular weight is 363 g/mol. The Kier molecular flexibility index (Phi) is 4.83. The van der Waals surface area contributed by atoms with Crippen LogP contribution in [0.1, 0.15) is 12.0 Å². The number of halogens is 3. The first-order valence-electron chi connectivity index (χ1n) is 7.96. The van der Waals surface area contributed by atoms with Gasteiger partial charge in [-0.05, 0) is 30.7 Å². The molecule has 3 amide bonds. The second kappa shape index (κ2) is 7.07.